The molecular weight excluding hydrogens is 442 g/mol. The summed E-state index contributed by atoms with van der Waals surface area (Å²) >= 11 is 0. The Balaban J connectivity index is 1.30. The number of furan rings is 2. The van der Waals surface area contributed by atoms with Crippen molar-refractivity contribution in [3.8, 4) is 0 Å². The average Bonchev–Trinajstić information content (AvgIpc) is 3.42. The van der Waals surface area contributed by atoms with Crippen molar-refractivity contribution >= 4 is 28.5 Å². The highest BCUT2D eigenvalue weighted by molar-refractivity contribution is 6.06. The standard InChI is InChI=1S/C28H33N3O4/c1-16-12-13-21-19(15-34-26(21)17(16)2)14-24(32)31-30-22-10-7-11-23-25(22)18(3)27(35-23)28(33)29-20-8-5-4-6-9-20/h12-13,15,20H,4-11,14H2,1-3H3,(H,29,33)(H,31,32)/b30-22+. The molecule has 35 heavy (non-hydrogen) atoms. The minimum absolute atomic E-state index is 0.149. The summed E-state index contributed by atoms with van der Waals surface area (Å²) in [5, 5.41) is 8.56. The number of nitrogens with one attached hydrogen (secondary N) is 2. The summed E-state index contributed by atoms with van der Waals surface area (Å²) in [5.41, 5.74) is 9.05. The van der Waals surface area contributed by atoms with Crippen LogP contribution in [0.2, 0.25) is 0 Å². The number of benzene rings is 1. The number of amides is 2. The molecule has 0 unspecified atom stereocenters. The van der Waals surface area contributed by atoms with Crippen LogP contribution >= 0.6 is 0 Å². The summed E-state index contributed by atoms with van der Waals surface area (Å²) in [4.78, 5) is 25.7. The van der Waals surface area contributed by atoms with Gasteiger partial charge in [-0.2, -0.15) is 5.10 Å². The zero-order valence-corrected chi connectivity index (χ0v) is 20.8. The van der Waals surface area contributed by atoms with Crippen molar-refractivity contribution in [2.75, 3.05) is 0 Å². The maximum atomic E-state index is 12.9. The number of carbonyl (C=O) groups is 2. The van der Waals surface area contributed by atoms with E-state index >= 15 is 0 Å². The number of hydrogen-bond acceptors (Lipinski definition) is 5. The first-order chi connectivity index (χ1) is 16.9. The van der Waals surface area contributed by atoms with Gasteiger partial charge in [-0.3, -0.25) is 9.59 Å². The van der Waals surface area contributed by atoms with Gasteiger partial charge in [0.1, 0.15) is 11.3 Å². The first kappa shape index (κ1) is 23.4. The molecule has 2 heterocycles. The highest BCUT2D eigenvalue weighted by atomic mass is 16.4. The Kier molecular flexibility index (Phi) is 6.50. The molecular formula is C28H33N3O4. The lowest BCUT2D eigenvalue weighted by Gasteiger charge is -2.22. The number of fused-ring (bicyclic) bond motifs is 2. The zero-order chi connectivity index (χ0) is 24.5. The van der Waals surface area contributed by atoms with Crippen LogP contribution in [-0.2, 0) is 17.6 Å². The monoisotopic (exact) mass is 475 g/mol. The second kappa shape index (κ2) is 9.72. The molecule has 0 saturated heterocycles. The van der Waals surface area contributed by atoms with Crippen LogP contribution in [0.5, 0.6) is 0 Å². The van der Waals surface area contributed by atoms with E-state index in [-0.39, 0.29) is 24.3 Å². The van der Waals surface area contributed by atoms with Crippen LogP contribution < -0.4 is 10.7 Å². The van der Waals surface area contributed by atoms with E-state index in [9.17, 15) is 9.59 Å². The lowest BCUT2D eigenvalue weighted by atomic mass is 9.93. The van der Waals surface area contributed by atoms with E-state index in [2.05, 4.69) is 15.8 Å². The zero-order valence-electron chi connectivity index (χ0n) is 20.8. The largest absolute Gasteiger partial charge is 0.464 e. The summed E-state index contributed by atoms with van der Waals surface area (Å²) in [5.74, 6) is 0.797. The first-order valence-corrected chi connectivity index (χ1v) is 12.7. The summed E-state index contributed by atoms with van der Waals surface area (Å²) in [6, 6.07) is 4.26. The molecule has 1 saturated carbocycles. The maximum absolute atomic E-state index is 12.9. The lowest BCUT2D eigenvalue weighted by molar-refractivity contribution is -0.120. The van der Waals surface area contributed by atoms with E-state index in [1.807, 2.05) is 32.9 Å². The molecule has 2 N–H and O–H groups in total. The number of carbonyl (C=O) groups excluding carboxylic acids is 2. The molecule has 1 fully saturated rings. The maximum Gasteiger partial charge on any atom is 0.287 e. The average molecular weight is 476 g/mol. The molecule has 7 nitrogen and oxygen atoms in total. The SMILES string of the molecule is Cc1ccc2c(CC(=O)N/N=C3\CCCc4oc(C(=O)NC5CCCCC5)c(C)c43)coc2c1C. The third kappa shape index (κ3) is 4.64. The van der Waals surface area contributed by atoms with Crippen molar-refractivity contribution in [2.45, 2.75) is 84.6 Å². The van der Waals surface area contributed by atoms with E-state index < -0.39 is 0 Å². The normalized spacial score (nSPS) is 17.5. The number of nitrogens with zero attached hydrogens (tertiary/aromatic N) is 1. The quantitative estimate of drug-likeness (QED) is 0.482. The van der Waals surface area contributed by atoms with Crippen LogP contribution in [0.3, 0.4) is 0 Å². The van der Waals surface area contributed by atoms with Gasteiger partial charge >= 0.3 is 0 Å². The van der Waals surface area contributed by atoms with Gasteiger partial charge in [-0.15, -0.1) is 0 Å². The second-order valence-electron chi connectivity index (χ2n) is 9.93. The predicted octanol–water partition coefficient (Wildman–Crippen LogP) is 5.41. The molecule has 0 radical (unpaired) electrons. The summed E-state index contributed by atoms with van der Waals surface area (Å²) < 4.78 is 11.7. The molecule has 0 atom stereocenters. The highest BCUT2D eigenvalue weighted by Gasteiger charge is 2.29. The molecule has 2 amide bonds. The fourth-order valence-electron chi connectivity index (χ4n) is 5.36. The van der Waals surface area contributed by atoms with Gasteiger partial charge in [0.05, 0.1) is 18.4 Å². The van der Waals surface area contributed by atoms with Gasteiger partial charge in [-0.25, -0.2) is 5.43 Å². The Morgan fingerprint density at radius 1 is 1.03 bits per heavy atom. The van der Waals surface area contributed by atoms with E-state index in [1.165, 1.54) is 6.42 Å². The highest BCUT2D eigenvalue weighted by Crippen LogP contribution is 2.31. The van der Waals surface area contributed by atoms with Crippen LogP contribution in [0.4, 0.5) is 0 Å². The number of hydrazone groups is 1. The van der Waals surface area contributed by atoms with Gasteiger partial charge in [0, 0.05) is 34.5 Å². The van der Waals surface area contributed by atoms with E-state index in [1.54, 1.807) is 6.26 Å². The number of rotatable bonds is 5. The van der Waals surface area contributed by atoms with Gasteiger partial charge in [-0.05, 0) is 57.6 Å². The Labute approximate surface area is 205 Å². The third-order valence-electron chi connectivity index (χ3n) is 7.48. The topological polar surface area (TPSA) is 96.8 Å². The van der Waals surface area contributed by atoms with E-state index in [4.69, 9.17) is 8.83 Å². The van der Waals surface area contributed by atoms with Crippen molar-refractivity contribution in [3.63, 3.8) is 0 Å². The lowest BCUT2D eigenvalue weighted by Crippen LogP contribution is -2.36. The van der Waals surface area contributed by atoms with Gasteiger partial charge < -0.3 is 14.2 Å². The Bertz CT molecular complexity index is 1310. The fraction of sp³-hybridized carbons (Fsp3) is 0.464. The fourth-order valence-corrected chi connectivity index (χ4v) is 5.36. The van der Waals surface area contributed by atoms with Gasteiger partial charge in [-0.1, -0.05) is 31.4 Å². The van der Waals surface area contributed by atoms with Crippen LogP contribution in [0, 0.1) is 20.8 Å². The Morgan fingerprint density at radius 2 is 1.83 bits per heavy atom. The molecule has 2 aliphatic carbocycles. The Morgan fingerprint density at radius 3 is 2.63 bits per heavy atom. The predicted molar refractivity (Wildman–Crippen MR) is 135 cm³/mol. The van der Waals surface area contributed by atoms with Crippen LogP contribution in [0.15, 0.2) is 32.3 Å². The molecule has 0 bridgehead atoms. The van der Waals surface area contributed by atoms with Crippen molar-refractivity contribution in [3.05, 3.63) is 57.7 Å². The second-order valence-corrected chi connectivity index (χ2v) is 9.93. The van der Waals surface area contributed by atoms with Crippen molar-refractivity contribution in [1.29, 1.82) is 0 Å². The summed E-state index contributed by atoms with van der Waals surface area (Å²) in [6.07, 6.45) is 9.78. The minimum atomic E-state index is -0.207. The van der Waals surface area contributed by atoms with Crippen molar-refractivity contribution in [2.24, 2.45) is 5.10 Å². The summed E-state index contributed by atoms with van der Waals surface area (Å²) in [7, 11) is 0. The van der Waals surface area contributed by atoms with Crippen LogP contribution in [0.25, 0.3) is 11.0 Å². The van der Waals surface area contributed by atoms with Gasteiger partial charge in [0.2, 0.25) is 5.91 Å². The first-order valence-electron chi connectivity index (χ1n) is 12.7. The van der Waals surface area contributed by atoms with Gasteiger partial charge in [0.15, 0.2) is 5.76 Å². The molecule has 0 aliphatic heterocycles. The molecule has 184 valence electrons. The molecule has 7 heteroatoms. The molecule has 3 aromatic rings. The van der Waals surface area contributed by atoms with Crippen molar-refractivity contribution in [1.82, 2.24) is 10.7 Å². The molecule has 2 aromatic heterocycles. The molecule has 5 rings (SSSR count). The van der Waals surface area contributed by atoms with Crippen LogP contribution in [0.1, 0.15) is 89.1 Å². The summed E-state index contributed by atoms with van der Waals surface area (Å²) in [6.45, 7) is 5.97. The molecule has 1 aromatic carbocycles. The number of hydrogen-bond donors (Lipinski definition) is 2. The minimum Gasteiger partial charge on any atom is -0.464 e. The van der Waals surface area contributed by atoms with Gasteiger partial charge in [0.25, 0.3) is 5.91 Å². The number of aryl methyl sites for hydroxylation is 3. The van der Waals surface area contributed by atoms with E-state index in [0.717, 1.165) is 95.2 Å². The molecule has 0 spiro atoms. The van der Waals surface area contributed by atoms with E-state index in [0.29, 0.717) is 5.76 Å². The van der Waals surface area contributed by atoms with Crippen molar-refractivity contribution < 1.29 is 18.4 Å². The molecule has 2 aliphatic rings. The Hall–Kier alpha value is -3.35. The third-order valence-corrected chi connectivity index (χ3v) is 7.48. The van der Waals surface area contributed by atoms with Crippen LogP contribution in [-0.4, -0.2) is 23.6 Å². The smallest absolute Gasteiger partial charge is 0.287 e.